The van der Waals surface area contributed by atoms with Crippen molar-refractivity contribution in [3.63, 3.8) is 0 Å². The molecule has 11 heavy (non-hydrogen) atoms. The predicted octanol–water partition coefficient (Wildman–Crippen LogP) is 0.188. The van der Waals surface area contributed by atoms with Crippen molar-refractivity contribution in [2.45, 2.75) is 19.9 Å². The Labute approximate surface area is 71.9 Å². The van der Waals surface area contributed by atoms with Crippen molar-refractivity contribution >= 4 is 17.7 Å². The molecule has 66 valence electrons. The van der Waals surface area contributed by atoms with Crippen LogP contribution < -0.4 is 11.5 Å². The number of amides is 1. The smallest absolute Gasteiger partial charge is 0.221 e. The van der Waals surface area contributed by atoms with Crippen LogP contribution in [0.4, 0.5) is 0 Å². The fourth-order valence-electron chi connectivity index (χ4n) is 0.513. The first-order chi connectivity index (χ1) is 5.04. The number of carbonyl (C=O) groups excluding carboxylic acids is 1. The van der Waals surface area contributed by atoms with Crippen molar-refractivity contribution in [2.24, 2.45) is 17.4 Å². The lowest BCUT2D eigenvalue weighted by Crippen LogP contribution is -2.24. The van der Waals surface area contributed by atoms with Crippen molar-refractivity contribution in [1.29, 1.82) is 0 Å². The fourth-order valence-corrected chi connectivity index (χ4v) is 1.54. The standard InChI is InChI=1S/C7H16N2OS/c1-5(7(9)10)3-11-4-6(2)8/h5-6H,3-4,8H2,1-2H3,(H2,9,10). The van der Waals surface area contributed by atoms with E-state index in [9.17, 15) is 4.79 Å². The van der Waals surface area contributed by atoms with Gasteiger partial charge in [0.2, 0.25) is 5.91 Å². The molecule has 0 aromatic heterocycles. The van der Waals surface area contributed by atoms with Crippen LogP contribution in [0.15, 0.2) is 0 Å². The first-order valence-corrected chi connectivity index (χ1v) is 4.82. The van der Waals surface area contributed by atoms with Crippen LogP contribution in [0.3, 0.4) is 0 Å². The first kappa shape index (κ1) is 10.8. The Hall–Kier alpha value is -0.220. The largest absolute Gasteiger partial charge is 0.369 e. The molecule has 0 aromatic carbocycles. The summed E-state index contributed by atoms with van der Waals surface area (Å²) in [5.41, 5.74) is 10.6. The van der Waals surface area contributed by atoms with Gasteiger partial charge in [-0.25, -0.2) is 0 Å². The lowest BCUT2D eigenvalue weighted by molar-refractivity contribution is -0.120. The Morgan fingerprint density at radius 3 is 2.36 bits per heavy atom. The lowest BCUT2D eigenvalue weighted by Gasteiger charge is -2.07. The molecule has 0 saturated carbocycles. The molecule has 0 saturated heterocycles. The van der Waals surface area contributed by atoms with Crippen LogP contribution >= 0.6 is 11.8 Å². The highest BCUT2D eigenvalue weighted by Gasteiger charge is 2.08. The summed E-state index contributed by atoms with van der Waals surface area (Å²) in [5, 5.41) is 0. The number of thioether (sulfide) groups is 1. The second-order valence-electron chi connectivity index (χ2n) is 2.82. The van der Waals surface area contributed by atoms with E-state index < -0.39 is 0 Å². The molecule has 2 unspecified atom stereocenters. The van der Waals surface area contributed by atoms with Gasteiger partial charge in [-0.15, -0.1) is 0 Å². The first-order valence-electron chi connectivity index (χ1n) is 3.66. The molecule has 2 atom stereocenters. The molecule has 0 aromatic rings. The average Bonchev–Trinajstić information content (AvgIpc) is 1.86. The number of hydrogen-bond donors (Lipinski definition) is 2. The van der Waals surface area contributed by atoms with Gasteiger partial charge < -0.3 is 11.5 Å². The van der Waals surface area contributed by atoms with Gasteiger partial charge in [0.05, 0.1) is 0 Å². The maximum atomic E-state index is 10.6. The Morgan fingerprint density at radius 2 is 2.00 bits per heavy atom. The van der Waals surface area contributed by atoms with Crippen LogP contribution in [0.25, 0.3) is 0 Å². The summed E-state index contributed by atoms with van der Waals surface area (Å²) in [4.78, 5) is 10.6. The molecule has 0 spiro atoms. The van der Waals surface area contributed by atoms with Crippen molar-refractivity contribution < 1.29 is 4.79 Å². The summed E-state index contributed by atoms with van der Waals surface area (Å²) >= 11 is 1.67. The summed E-state index contributed by atoms with van der Waals surface area (Å²) in [6.45, 7) is 3.78. The van der Waals surface area contributed by atoms with E-state index in [2.05, 4.69) is 0 Å². The van der Waals surface area contributed by atoms with E-state index in [1.54, 1.807) is 11.8 Å². The molecule has 4 heteroatoms. The molecule has 1 amide bonds. The Bertz CT molecular complexity index is 128. The molecule has 0 radical (unpaired) electrons. The normalized spacial score (nSPS) is 15.9. The summed E-state index contributed by atoms with van der Waals surface area (Å²) < 4.78 is 0. The zero-order valence-corrected chi connectivity index (χ0v) is 7.86. The number of rotatable bonds is 5. The maximum absolute atomic E-state index is 10.6. The third-order valence-corrected chi connectivity index (χ3v) is 2.73. The predicted molar refractivity (Wildman–Crippen MR) is 49.3 cm³/mol. The van der Waals surface area contributed by atoms with E-state index in [4.69, 9.17) is 11.5 Å². The van der Waals surface area contributed by atoms with Crippen LogP contribution in [-0.2, 0) is 4.79 Å². The summed E-state index contributed by atoms with van der Waals surface area (Å²) in [7, 11) is 0. The molecule has 0 heterocycles. The lowest BCUT2D eigenvalue weighted by atomic mass is 10.2. The van der Waals surface area contributed by atoms with Gasteiger partial charge in [0.1, 0.15) is 0 Å². The van der Waals surface area contributed by atoms with Gasteiger partial charge in [-0.05, 0) is 6.92 Å². The van der Waals surface area contributed by atoms with E-state index in [1.807, 2.05) is 13.8 Å². The van der Waals surface area contributed by atoms with Crippen molar-refractivity contribution in [3.05, 3.63) is 0 Å². The van der Waals surface area contributed by atoms with Gasteiger partial charge in [-0.3, -0.25) is 4.79 Å². The minimum Gasteiger partial charge on any atom is -0.369 e. The van der Waals surface area contributed by atoms with Crippen molar-refractivity contribution in [1.82, 2.24) is 0 Å². The zero-order chi connectivity index (χ0) is 8.85. The van der Waals surface area contributed by atoms with Crippen LogP contribution in [0.2, 0.25) is 0 Å². The third kappa shape index (κ3) is 6.19. The summed E-state index contributed by atoms with van der Waals surface area (Å²) in [6.07, 6.45) is 0. The molecule has 0 bridgehead atoms. The van der Waals surface area contributed by atoms with Gasteiger partial charge >= 0.3 is 0 Å². The number of hydrogen-bond acceptors (Lipinski definition) is 3. The molecule has 0 aliphatic carbocycles. The van der Waals surface area contributed by atoms with E-state index >= 15 is 0 Å². The Balaban J connectivity index is 3.31. The van der Waals surface area contributed by atoms with Gasteiger partial charge in [0.15, 0.2) is 0 Å². The zero-order valence-electron chi connectivity index (χ0n) is 7.04. The van der Waals surface area contributed by atoms with E-state index in [1.165, 1.54) is 0 Å². The maximum Gasteiger partial charge on any atom is 0.221 e. The van der Waals surface area contributed by atoms with Crippen molar-refractivity contribution in [3.8, 4) is 0 Å². The van der Waals surface area contributed by atoms with Gasteiger partial charge in [0, 0.05) is 23.5 Å². The number of primary amides is 1. The molecular formula is C7H16N2OS. The van der Waals surface area contributed by atoms with Crippen LogP contribution in [-0.4, -0.2) is 23.5 Å². The van der Waals surface area contributed by atoms with Crippen LogP contribution in [0.5, 0.6) is 0 Å². The quantitative estimate of drug-likeness (QED) is 0.628. The average molecular weight is 176 g/mol. The SMILES string of the molecule is CC(N)CSCC(C)C(N)=O. The molecular weight excluding hydrogens is 160 g/mol. The molecule has 3 nitrogen and oxygen atoms in total. The van der Waals surface area contributed by atoms with E-state index in [-0.39, 0.29) is 17.9 Å². The highest BCUT2D eigenvalue weighted by molar-refractivity contribution is 7.99. The fraction of sp³-hybridized carbons (Fsp3) is 0.857. The van der Waals surface area contributed by atoms with Gasteiger partial charge in [-0.2, -0.15) is 11.8 Å². The number of nitrogens with two attached hydrogens (primary N) is 2. The van der Waals surface area contributed by atoms with Gasteiger partial charge in [-0.1, -0.05) is 6.92 Å². The molecule has 0 fully saturated rings. The topological polar surface area (TPSA) is 69.1 Å². The van der Waals surface area contributed by atoms with Crippen LogP contribution in [0, 0.1) is 5.92 Å². The van der Waals surface area contributed by atoms with Crippen LogP contribution in [0.1, 0.15) is 13.8 Å². The van der Waals surface area contributed by atoms with E-state index in [0.717, 1.165) is 11.5 Å². The minimum absolute atomic E-state index is 0.0428. The van der Waals surface area contributed by atoms with E-state index in [0.29, 0.717) is 0 Å². The molecule has 4 N–H and O–H groups in total. The Morgan fingerprint density at radius 1 is 1.45 bits per heavy atom. The highest BCUT2D eigenvalue weighted by Crippen LogP contribution is 2.08. The van der Waals surface area contributed by atoms with Gasteiger partial charge in [0.25, 0.3) is 0 Å². The minimum atomic E-state index is -0.234. The second-order valence-corrected chi connectivity index (χ2v) is 3.89. The number of carbonyl (C=O) groups is 1. The van der Waals surface area contributed by atoms with Crippen molar-refractivity contribution in [2.75, 3.05) is 11.5 Å². The molecule has 0 aliphatic heterocycles. The Kier molecular flexibility index (Phi) is 5.32. The molecule has 0 rings (SSSR count). The summed E-state index contributed by atoms with van der Waals surface area (Å²) in [6, 6.07) is 0.195. The third-order valence-electron chi connectivity index (χ3n) is 1.23. The molecule has 0 aliphatic rings. The highest BCUT2D eigenvalue weighted by atomic mass is 32.2. The monoisotopic (exact) mass is 176 g/mol. The summed E-state index contributed by atoms with van der Waals surface area (Å²) in [5.74, 6) is 1.38. The second kappa shape index (κ2) is 5.43.